The molecule has 0 saturated carbocycles. The Bertz CT molecular complexity index is 2240. The Morgan fingerprint density at radius 1 is 0.942 bits per heavy atom. The van der Waals surface area contributed by atoms with Crippen LogP contribution in [0, 0.1) is 38.5 Å². The van der Waals surface area contributed by atoms with Gasteiger partial charge in [-0.2, -0.15) is 0 Å². The summed E-state index contributed by atoms with van der Waals surface area (Å²) in [6, 6.07) is -0.417. The molecule has 8 bridgehead atoms. The second kappa shape index (κ2) is 14.9. The molecule has 6 rings (SSSR count). The number of nitrogens with one attached hydrogen (secondary N) is 4. The molecule has 0 radical (unpaired) electrons. The van der Waals surface area contributed by atoms with Gasteiger partial charge in [-0.1, -0.05) is 39.8 Å². The van der Waals surface area contributed by atoms with Crippen LogP contribution in [-0.4, -0.2) is 56.9 Å². The number of esters is 2. The molecule has 6 N–H and O–H groups in total. The molecular weight excluding hydrogens is 656 g/mol. The lowest BCUT2D eigenvalue weighted by atomic mass is 9.80. The molecular formula is C42H52N4O6. The number of aliphatic hydroxyl groups is 2. The van der Waals surface area contributed by atoms with Gasteiger partial charge in [0.1, 0.15) is 11.7 Å². The molecule has 10 heteroatoms. The Hall–Kier alpha value is -5.12. The van der Waals surface area contributed by atoms with Crippen LogP contribution in [-0.2, 0) is 25.5 Å². The van der Waals surface area contributed by atoms with Crippen molar-refractivity contribution in [3.8, 4) is 0 Å². The highest BCUT2D eigenvalue weighted by Crippen LogP contribution is 2.42. The highest BCUT2D eigenvalue weighted by Gasteiger charge is 2.47. The molecule has 1 aliphatic carbocycles. The van der Waals surface area contributed by atoms with E-state index >= 15 is 0 Å². The van der Waals surface area contributed by atoms with Crippen molar-refractivity contribution in [1.29, 1.82) is 0 Å². The summed E-state index contributed by atoms with van der Waals surface area (Å²) in [5.41, 5.74) is 10.5. The molecule has 5 heterocycles. The maximum absolute atomic E-state index is 13.5. The van der Waals surface area contributed by atoms with Crippen molar-refractivity contribution in [1.82, 2.24) is 20.3 Å². The lowest BCUT2D eigenvalue weighted by molar-refractivity contribution is -0.144. The van der Waals surface area contributed by atoms with Crippen molar-refractivity contribution in [2.75, 3.05) is 13.7 Å². The van der Waals surface area contributed by atoms with Gasteiger partial charge in [-0.25, -0.2) is 0 Å². The van der Waals surface area contributed by atoms with Gasteiger partial charge < -0.3 is 40.0 Å². The van der Waals surface area contributed by atoms with E-state index in [1.54, 1.807) is 0 Å². The predicted molar refractivity (Wildman–Crippen MR) is 205 cm³/mol. The second-order valence-corrected chi connectivity index (χ2v) is 14.3. The Balaban J connectivity index is 1.53. The number of carbonyl (C=O) groups is 2. The van der Waals surface area contributed by atoms with E-state index < -0.39 is 17.9 Å². The van der Waals surface area contributed by atoms with E-state index in [-0.39, 0.29) is 36.6 Å². The summed E-state index contributed by atoms with van der Waals surface area (Å²) >= 11 is 0. The Morgan fingerprint density at radius 2 is 1.67 bits per heavy atom. The fraction of sp³-hybridized carbons (Fsp3) is 0.429. The number of fused-ring (bicyclic) bond motifs is 8. The fourth-order valence-corrected chi connectivity index (χ4v) is 8.51. The number of hydrogen-bond donors (Lipinski definition) is 6. The first-order chi connectivity index (χ1) is 25.0. The molecule has 2 aliphatic heterocycles. The molecule has 1 fully saturated rings. The summed E-state index contributed by atoms with van der Waals surface area (Å²) in [7, 11) is 1.34. The number of hydrogen-bond acceptors (Lipinski definition) is 7. The minimum Gasteiger partial charge on any atom is -0.516 e. The summed E-state index contributed by atoms with van der Waals surface area (Å²) in [4.78, 5) is 37.5. The average Bonchev–Trinajstić information content (AvgIpc) is 3.87. The molecule has 10 nitrogen and oxygen atoms in total. The van der Waals surface area contributed by atoms with E-state index in [4.69, 9.17) is 9.47 Å². The van der Waals surface area contributed by atoms with E-state index in [1.165, 1.54) is 12.7 Å². The van der Waals surface area contributed by atoms with Crippen molar-refractivity contribution in [2.45, 2.75) is 86.1 Å². The summed E-state index contributed by atoms with van der Waals surface area (Å²) in [5, 5.41) is 28.4. The number of methoxy groups -OCH3 is 1. The summed E-state index contributed by atoms with van der Waals surface area (Å²) in [6.45, 7) is 16.8. The zero-order chi connectivity index (χ0) is 37.4. The van der Waals surface area contributed by atoms with Crippen LogP contribution >= 0.6 is 0 Å². The van der Waals surface area contributed by atoms with E-state index in [2.05, 4.69) is 72.8 Å². The lowest BCUT2D eigenvalue weighted by Crippen LogP contribution is -2.38. The average molecular weight is 709 g/mol. The number of ether oxygens (including phenoxy) is 2. The number of carbonyl (C=O) groups excluding carboxylic acids is 2. The van der Waals surface area contributed by atoms with Crippen LogP contribution in [0.5, 0.6) is 0 Å². The van der Waals surface area contributed by atoms with Gasteiger partial charge in [-0.05, 0) is 97.6 Å². The van der Waals surface area contributed by atoms with Gasteiger partial charge in [0.15, 0.2) is 0 Å². The molecule has 3 aromatic heterocycles. The number of H-pyrrole nitrogens is 3. The van der Waals surface area contributed by atoms with Gasteiger partial charge in [0.2, 0.25) is 0 Å². The molecule has 0 amide bonds. The van der Waals surface area contributed by atoms with Crippen molar-refractivity contribution in [3.05, 3.63) is 90.3 Å². The van der Waals surface area contributed by atoms with Crippen LogP contribution < -0.4 is 26.6 Å². The molecule has 1 unspecified atom stereocenters. The number of aromatic nitrogens is 3. The van der Waals surface area contributed by atoms with Crippen LogP contribution in [0.1, 0.15) is 97.8 Å². The minimum absolute atomic E-state index is 0.0379. The topological polar surface area (TPSA) is 152 Å². The zero-order valence-corrected chi connectivity index (χ0v) is 31.4. The number of rotatable bonds is 11. The van der Waals surface area contributed by atoms with E-state index in [9.17, 15) is 19.8 Å². The first-order valence-electron chi connectivity index (χ1n) is 18.4. The molecule has 4 atom stereocenters. The van der Waals surface area contributed by atoms with Crippen LogP contribution in [0.25, 0.3) is 35.6 Å². The third kappa shape index (κ3) is 6.33. The Labute approximate surface area is 304 Å². The molecule has 1 saturated heterocycles. The molecule has 0 spiro atoms. The number of aromatic amines is 3. The predicted octanol–water partition coefficient (Wildman–Crippen LogP) is 4.61. The van der Waals surface area contributed by atoms with Gasteiger partial charge in [0.05, 0.1) is 31.4 Å². The maximum Gasteiger partial charge on any atom is 0.320 e. The molecule has 276 valence electrons. The summed E-state index contributed by atoms with van der Waals surface area (Å²) in [5.74, 6) is -2.10. The smallest absolute Gasteiger partial charge is 0.320 e. The lowest BCUT2D eigenvalue weighted by Gasteiger charge is -2.26. The molecule has 3 aromatic rings. The third-order valence-electron chi connectivity index (χ3n) is 11.4. The first-order valence-corrected chi connectivity index (χ1v) is 18.4. The van der Waals surface area contributed by atoms with Gasteiger partial charge >= 0.3 is 11.9 Å². The van der Waals surface area contributed by atoms with E-state index in [0.29, 0.717) is 29.0 Å². The molecule has 0 aromatic carbocycles. The van der Waals surface area contributed by atoms with Gasteiger partial charge in [0.25, 0.3) is 0 Å². The Kier molecular flexibility index (Phi) is 10.5. The summed E-state index contributed by atoms with van der Waals surface area (Å²) in [6.07, 6.45) is 12.9. The monoisotopic (exact) mass is 708 g/mol. The van der Waals surface area contributed by atoms with Crippen molar-refractivity contribution in [3.63, 3.8) is 0 Å². The molecule has 52 heavy (non-hydrogen) atoms. The summed E-state index contributed by atoms with van der Waals surface area (Å²) < 4.78 is 10.9. The third-order valence-corrected chi connectivity index (χ3v) is 11.4. The SMILES string of the molecule is C=Cc1c2[nH]c(c1C)/C=C1\NC(C3=c4[nH]c(c(C)c4=C(O)[C@@H]3C(=O)OC)/C=c3\[nH]/c(c(C)c3CC)=C\2)[C@@H](CCC(=O)OCC/C(=C/O)CCC)[C@@H]1C. The van der Waals surface area contributed by atoms with Crippen molar-refractivity contribution >= 4 is 47.6 Å². The highest BCUT2D eigenvalue weighted by molar-refractivity contribution is 5.95. The normalized spacial score (nSPS) is 22.9. The fourth-order valence-electron chi connectivity index (χ4n) is 8.51. The zero-order valence-electron chi connectivity index (χ0n) is 31.4. The van der Waals surface area contributed by atoms with E-state index in [0.717, 1.165) is 86.8 Å². The molecule has 3 aliphatic rings. The van der Waals surface area contributed by atoms with Gasteiger partial charge in [0, 0.05) is 63.0 Å². The van der Waals surface area contributed by atoms with Crippen molar-refractivity contribution in [2.24, 2.45) is 17.8 Å². The minimum atomic E-state index is -1.01. The van der Waals surface area contributed by atoms with Gasteiger partial charge in [-0.15, -0.1) is 0 Å². The van der Waals surface area contributed by atoms with Crippen molar-refractivity contribution < 1.29 is 29.3 Å². The second-order valence-electron chi connectivity index (χ2n) is 14.3. The number of allylic oxidation sites excluding steroid dienone is 1. The first kappa shape index (κ1) is 36.7. The quantitative estimate of drug-likeness (QED) is 0.126. The van der Waals surface area contributed by atoms with Crippen LogP contribution in [0.15, 0.2) is 24.1 Å². The van der Waals surface area contributed by atoms with Crippen LogP contribution in [0.2, 0.25) is 0 Å². The van der Waals surface area contributed by atoms with E-state index in [1.807, 2.05) is 19.9 Å². The van der Waals surface area contributed by atoms with Crippen LogP contribution in [0.4, 0.5) is 0 Å². The number of aliphatic hydroxyl groups excluding tert-OH is 2. The largest absolute Gasteiger partial charge is 0.516 e. The Morgan fingerprint density at radius 3 is 2.35 bits per heavy atom. The standard InChI is InChI=1S/C42H52N4O6/c1-9-12-25(20-47)15-16-52-35(48)14-13-28-23(6)31-17-29-21(4)26(10-2)33(43-29)18-30-22(5)27(11-3)34(44-30)19-32-24(7)36-40(46-32)37(39(28)45-31)38(41(36)49)42(50)51-8/h10,17-20,23,28,38-39,43-47,49H,2,9,11-16H2,1,3-8H3/b25-20+,30-18-,31-17-,34-19-/t23-,28-,38+,39?/m0/s1. The van der Waals surface area contributed by atoms with Crippen LogP contribution in [0.3, 0.4) is 0 Å². The maximum atomic E-state index is 13.5. The van der Waals surface area contributed by atoms with Gasteiger partial charge in [-0.3, -0.25) is 9.59 Å². The highest BCUT2D eigenvalue weighted by atomic mass is 16.5.